The van der Waals surface area contributed by atoms with Crippen LogP contribution in [0.15, 0.2) is 4.99 Å². The zero-order valence-electron chi connectivity index (χ0n) is 12.2. The molecule has 0 aliphatic carbocycles. The van der Waals surface area contributed by atoms with E-state index in [0.717, 1.165) is 36.4 Å². The summed E-state index contributed by atoms with van der Waals surface area (Å²) >= 11 is 1.71. The van der Waals surface area contributed by atoms with Crippen molar-refractivity contribution in [2.45, 2.75) is 34.2 Å². The van der Waals surface area contributed by atoms with Gasteiger partial charge in [0.25, 0.3) is 0 Å². The smallest absolute Gasteiger partial charge is 0.191 e. The molecule has 0 saturated heterocycles. The molecule has 108 valence electrons. The fraction of sp³-hybridized carbons (Fsp3) is 0.692. The van der Waals surface area contributed by atoms with Crippen LogP contribution in [0, 0.1) is 13.8 Å². The molecule has 0 unspecified atom stereocenters. The van der Waals surface area contributed by atoms with E-state index >= 15 is 0 Å². The molecule has 0 aromatic carbocycles. The third kappa shape index (κ3) is 6.02. The van der Waals surface area contributed by atoms with Crippen molar-refractivity contribution in [2.75, 3.05) is 26.3 Å². The maximum absolute atomic E-state index is 5.29. The Morgan fingerprint density at radius 1 is 1.32 bits per heavy atom. The van der Waals surface area contributed by atoms with Gasteiger partial charge >= 0.3 is 0 Å². The highest BCUT2D eigenvalue weighted by Gasteiger charge is 2.03. The van der Waals surface area contributed by atoms with Gasteiger partial charge in [-0.3, -0.25) is 0 Å². The second kappa shape index (κ2) is 8.87. The predicted molar refractivity (Wildman–Crippen MR) is 80.9 cm³/mol. The van der Waals surface area contributed by atoms with Crippen molar-refractivity contribution in [3.63, 3.8) is 0 Å². The summed E-state index contributed by atoms with van der Waals surface area (Å²) in [6.45, 7) is 11.8. The summed E-state index contributed by atoms with van der Waals surface area (Å²) in [6, 6.07) is 0. The molecular formula is C13H24N4OS. The third-order valence-electron chi connectivity index (χ3n) is 2.53. The molecule has 0 fully saturated rings. The topological polar surface area (TPSA) is 58.5 Å². The van der Waals surface area contributed by atoms with E-state index < -0.39 is 0 Å². The van der Waals surface area contributed by atoms with Gasteiger partial charge in [0, 0.05) is 24.6 Å². The van der Waals surface area contributed by atoms with E-state index in [2.05, 4.69) is 34.5 Å². The number of aliphatic imine (C=N–C) groups is 1. The summed E-state index contributed by atoms with van der Waals surface area (Å²) in [6.07, 6.45) is 0. The Morgan fingerprint density at radius 2 is 2.11 bits per heavy atom. The first-order valence-corrected chi connectivity index (χ1v) is 7.51. The largest absolute Gasteiger partial charge is 0.380 e. The Labute approximate surface area is 119 Å². The Balaban J connectivity index is 2.47. The van der Waals surface area contributed by atoms with Gasteiger partial charge in [0.1, 0.15) is 5.01 Å². The Bertz CT molecular complexity index is 384. The maximum atomic E-state index is 5.29. The van der Waals surface area contributed by atoms with Gasteiger partial charge in [0.15, 0.2) is 5.96 Å². The molecule has 5 nitrogen and oxygen atoms in total. The van der Waals surface area contributed by atoms with Gasteiger partial charge in [-0.25, -0.2) is 9.98 Å². The molecule has 0 saturated carbocycles. The van der Waals surface area contributed by atoms with Gasteiger partial charge in [-0.2, -0.15) is 0 Å². The molecule has 6 heteroatoms. The lowest BCUT2D eigenvalue weighted by Crippen LogP contribution is -2.39. The second-order valence-corrected chi connectivity index (χ2v) is 5.36. The molecule has 1 aromatic heterocycles. The number of guanidine groups is 1. The van der Waals surface area contributed by atoms with Gasteiger partial charge in [-0.15, -0.1) is 11.3 Å². The highest BCUT2D eigenvalue weighted by molar-refractivity contribution is 7.11. The van der Waals surface area contributed by atoms with Crippen LogP contribution in [0.2, 0.25) is 0 Å². The molecule has 0 spiro atoms. The van der Waals surface area contributed by atoms with E-state index in [1.165, 1.54) is 4.88 Å². The minimum atomic E-state index is 0.614. The Hall–Kier alpha value is -1.14. The van der Waals surface area contributed by atoms with Gasteiger partial charge in [-0.1, -0.05) is 0 Å². The number of hydrogen-bond donors (Lipinski definition) is 2. The molecule has 1 rings (SSSR count). The van der Waals surface area contributed by atoms with Crippen LogP contribution < -0.4 is 10.6 Å². The van der Waals surface area contributed by atoms with Crippen molar-refractivity contribution >= 4 is 17.3 Å². The minimum Gasteiger partial charge on any atom is -0.380 e. The number of thiazole rings is 1. The number of rotatable bonds is 7. The molecule has 1 heterocycles. The van der Waals surface area contributed by atoms with E-state index in [9.17, 15) is 0 Å². The molecule has 0 aliphatic rings. The molecule has 1 aromatic rings. The number of hydrogen-bond acceptors (Lipinski definition) is 4. The quantitative estimate of drug-likeness (QED) is 0.456. The summed E-state index contributed by atoms with van der Waals surface area (Å²) in [5.41, 5.74) is 1.10. The highest BCUT2D eigenvalue weighted by Crippen LogP contribution is 2.16. The molecule has 0 bridgehead atoms. The van der Waals surface area contributed by atoms with Crippen LogP contribution in [0.3, 0.4) is 0 Å². The third-order valence-corrected chi connectivity index (χ3v) is 3.59. The van der Waals surface area contributed by atoms with Crippen molar-refractivity contribution < 1.29 is 4.74 Å². The summed E-state index contributed by atoms with van der Waals surface area (Å²) < 4.78 is 5.29. The SMILES string of the molecule is CCNC(=NCc1nc(C)c(C)s1)NCCOCC. The van der Waals surface area contributed by atoms with E-state index in [4.69, 9.17) is 4.74 Å². The summed E-state index contributed by atoms with van der Waals surface area (Å²) in [7, 11) is 0. The van der Waals surface area contributed by atoms with E-state index in [1.807, 2.05) is 13.8 Å². The molecule has 0 atom stereocenters. The standard InChI is InChI=1S/C13H24N4OS/c1-5-14-13(15-7-8-18-6-2)16-9-12-17-10(3)11(4)19-12/h5-9H2,1-4H3,(H2,14,15,16). The first-order valence-electron chi connectivity index (χ1n) is 6.70. The number of ether oxygens (including phenoxy) is 1. The van der Waals surface area contributed by atoms with Gasteiger partial charge in [0.05, 0.1) is 18.8 Å². The normalized spacial score (nSPS) is 11.7. The van der Waals surface area contributed by atoms with Crippen LogP contribution in [0.1, 0.15) is 29.4 Å². The molecule has 0 radical (unpaired) electrons. The lowest BCUT2D eigenvalue weighted by atomic mass is 10.4. The van der Waals surface area contributed by atoms with Gasteiger partial charge < -0.3 is 15.4 Å². The second-order valence-electron chi connectivity index (χ2n) is 4.07. The van der Waals surface area contributed by atoms with Crippen molar-refractivity contribution in [3.8, 4) is 0 Å². The monoisotopic (exact) mass is 284 g/mol. The Kier molecular flexibility index (Phi) is 7.43. The average molecular weight is 284 g/mol. The van der Waals surface area contributed by atoms with E-state index in [-0.39, 0.29) is 0 Å². The zero-order valence-corrected chi connectivity index (χ0v) is 13.1. The minimum absolute atomic E-state index is 0.614. The molecule has 2 N–H and O–H groups in total. The number of nitrogens with one attached hydrogen (secondary N) is 2. The van der Waals surface area contributed by atoms with E-state index in [1.54, 1.807) is 11.3 Å². The molecule has 0 amide bonds. The fourth-order valence-corrected chi connectivity index (χ4v) is 2.34. The maximum Gasteiger partial charge on any atom is 0.191 e. The van der Waals surface area contributed by atoms with Crippen molar-refractivity contribution in [3.05, 3.63) is 15.6 Å². The van der Waals surface area contributed by atoms with Gasteiger partial charge in [-0.05, 0) is 27.7 Å². The molecular weight excluding hydrogens is 260 g/mol. The van der Waals surface area contributed by atoms with Crippen LogP contribution in [-0.4, -0.2) is 37.2 Å². The number of nitrogens with zero attached hydrogens (tertiary/aromatic N) is 2. The zero-order chi connectivity index (χ0) is 14.1. The predicted octanol–water partition coefficient (Wildman–Crippen LogP) is 1.85. The fourth-order valence-electron chi connectivity index (χ4n) is 1.48. The van der Waals surface area contributed by atoms with Crippen molar-refractivity contribution in [2.24, 2.45) is 4.99 Å². The first kappa shape index (κ1) is 15.9. The first-order chi connectivity index (χ1) is 9.17. The van der Waals surface area contributed by atoms with Crippen LogP contribution in [0.4, 0.5) is 0 Å². The van der Waals surface area contributed by atoms with E-state index in [0.29, 0.717) is 13.2 Å². The molecule has 0 aliphatic heterocycles. The van der Waals surface area contributed by atoms with Crippen LogP contribution in [0.25, 0.3) is 0 Å². The van der Waals surface area contributed by atoms with Crippen LogP contribution in [-0.2, 0) is 11.3 Å². The number of aryl methyl sites for hydroxylation is 2. The van der Waals surface area contributed by atoms with Gasteiger partial charge in [0.2, 0.25) is 0 Å². The van der Waals surface area contributed by atoms with Crippen molar-refractivity contribution in [1.82, 2.24) is 15.6 Å². The number of aromatic nitrogens is 1. The lowest BCUT2D eigenvalue weighted by molar-refractivity contribution is 0.152. The average Bonchev–Trinajstić information content (AvgIpc) is 2.71. The van der Waals surface area contributed by atoms with Crippen LogP contribution >= 0.6 is 11.3 Å². The molecule has 19 heavy (non-hydrogen) atoms. The van der Waals surface area contributed by atoms with Crippen LogP contribution in [0.5, 0.6) is 0 Å². The summed E-state index contributed by atoms with van der Waals surface area (Å²) in [5.74, 6) is 0.813. The summed E-state index contributed by atoms with van der Waals surface area (Å²) in [4.78, 5) is 10.3. The highest BCUT2D eigenvalue weighted by atomic mass is 32.1. The summed E-state index contributed by atoms with van der Waals surface area (Å²) in [5, 5.41) is 7.50. The van der Waals surface area contributed by atoms with Crippen molar-refractivity contribution in [1.29, 1.82) is 0 Å². The lowest BCUT2D eigenvalue weighted by Gasteiger charge is -2.10. The Morgan fingerprint density at radius 3 is 2.68 bits per heavy atom.